The van der Waals surface area contributed by atoms with Crippen molar-refractivity contribution in [2.45, 2.75) is 232 Å². The lowest BCUT2D eigenvalue weighted by atomic mass is 10.0. The molecule has 0 aromatic carbocycles. The molecule has 0 amide bonds. The number of nitrogens with two attached hydrogens (primary N) is 1. The Kier molecular flexibility index (Phi) is 40.4. The molecule has 0 aliphatic carbocycles. The van der Waals surface area contributed by atoms with Crippen molar-refractivity contribution >= 4 is 19.8 Å². The molecule has 0 aromatic heterocycles. The molecule has 0 spiro atoms. The van der Waals surface area contributed by atoms with Crippen molar-refractivity contribution in [3.63, 3.8) is 0 Å². The molecule has 0 rings (SSSR count). The van der Waals surface area contributed by atoms with E-state index in [2.05, 4.69) is 26.0 Å². The minimum absolute atomic E-state index is 0.0563. The summed E-state index contributed by atoms with van der Waals surface area (Å²) in [5.74, 6) is -0.819. The van der Waals surface area contributed by atoms with Crippen LogP contribution in [0.3, 0.4) is 0 Å². The highest BCUT2D eigenvalue weighted by Gasteiger charge is 2.26. The zero-order valence-electron chi connectivity index (χ0n) is 35.2. The zero-order valence-corrected chi connectivity index (χ0v) is 36.1. The minimum atomic E-state index is -4.37. The Hall–Kier alpha value is -1.25. The van der Waals surface area contributed by atoms with Gasteiger partial charge in [0.05, 0.1) is 13.2 Å². The molecule has 0 aliphatic heterocycles. The number of allylic oxidation sites excluding steroid dienone is 2. The topological polar surface area (TPSA) is 134 Å². The van der Waals surface area contributed by atoms with Crippen LogP contribution < -0.4 is 5.73 Å². The molecule has 0 aliphatic rings. The van der Waals surface area contributed by atoms with Gasteiger partial charge < -0.3 is 20.1 Å². The monoisotopic (exact) mass is 788 g/mol. The first-order valence-electron chi connectivity index (χ1n) is 22.7. The maximum atomic E-state index is 12.6. The normalized spacial score (nSPS) is 13.3. The van der Waals surface area contributed by atoms with E-state index < -0.39 is 26.5 Å². The number of phosphoric ester groups is 1. The lowest BCUT2D eigenvalue weighted by Gasteiger charge is -2.19. The van der Waals surface area contributed by atoms with E-state index in [-0.39, 0.29) is 38.6 Å². The molecule has 0 aromatic rings. The van der Waals surface area contributed by atoms with Gasteiger partial charge >= 0.3 is 19.8 Å². The first-order chi connectivity index (χ1) is 26.3. The van der Waals surface area contributed by atoms with Gasteiger partial charge in [-0.15, -0.1) is 0 Å². The molecule has 0 saturated heterocycles. The Morgan fingerprint density at radius 2 is 0.907 bits per heavy atom. The zero-order chi connectivity index (χ0) is 39.6. The summed E-state index contributed by atoms with van der Waals surface area (Å²) >= 11 is 0. The maximum Gasteiger partial charge on any atom is 0.472 e. The fourth-order valence-corrected chi connectivity index (χ4v) is 7.28. The molecular formula is C44H86NO8P. The molecule has 9 nitrogen and oxygen atoms in total. The smallest absolute Gasteiger partial charge is 0.462 e. The number of hydrogen-bond acceptors (Lipinski definition) is 8. The standard InChI is InChI=1S/C44H86NO8P/c1-3-5-7-9-11-13-15-17-18-19-20-21-22-23-24-25-27-29-31-33-35-37-44(47)53-42(41-52-54(48,49)51-39-38-45)40-50-43(46)36-34-32-30-28-26-16-14-12-10-8-6-4-2/h17-18,42H,3-16,19-41,45H2,1-2H3,(H,48,49)/b18-17-. The van der Waals surface area contributed by atoms with Gasteiger partial charge in [0.15, 0.2) is 6.10 Å². The third-order valence-corrected chi connectivity index (χ3v) is 10.9. The van der Waals surface area contributed by atoms with Crippen LogP contribution in [0.1, 0.15) is 226 Å². The van der Waals surface area contributed by atoms with Gasteiger partial charge in [0, 0.05) is 19.4 Å². The molecular weight excluding hydrogens is 701 g/mol. The summed E-state index contributed by atoms with van der Waals surface area (Å²) in [5.41, 5.74) is 5.35. The average molecular weight is 788 g/mol. The van der Waals surface area contributed by atoms with Crippen molar-refractivity contribution < 1.29 is 37.6 Å². The average Bonchev–Trinajstić information content (AvgIpc) is 3.16. The van der Waals surface area contributed by atoms with Crippen LogP contribution in [0.15, 0.2) is 12.2 Å². The highest BCUT2D eigenvalue weighted by atomic mass is 31.2. The molecule has 320 valence electrons. The second-order valence-corrected chi connectivity index (χ2v) is 16.7. The summed E-state index contributed by atoms with van der Waals surface area (Å²) in [6, 6.07) is 0. The van der Waals surface area contributed by atoms with Gasteiger partial charge in [-0.3, -0.25) is 18.6 Å². The number of ether oxygens (including phenoxy) is 2. The van der Waals surface area contributed by atoms with E-state index in [1.807, 2.05) is 0 Å². The van der Waals surface area contributed by atoms with Crippen molar-refractivity contribution in [3.05, 3.63) is 12.2 Å². The molecule has 10 heteroatoms. The fraction of sp³-hybridized carbons (Fsp3) is 0.909. The van der Waals surface area contributed by atoms with Crippen LogP contribution in [0.5, 0.6) is 0 Å². The largest absolute Gasteiger partial charge is 0.472 e. The Labute approximate surface area is 332 Å². The summed E-state index contributed by atoms with van der Waals surface area (Å²) in [6.07, 6.45) is 42.4. The summed E-state index contributed by atoms with van der Waals surface area (Å²) in [4.78, 5) is 34.9. The summed E-state index contributed by atoms with van der Waals surface area (Å²) in [6.45, 7) is 3.75. The maximum absolute atomic E-state index is 12.6. The predicted molar refractivity (Wildman–Crippen MR) is 224 cm³/mol. The second kappa shape index (κ2) is 41.4. The van der Waals surface area contributed by atoms with E-state index in [0.29, 0.717) is 6.42 Å². The van der Waals surface area contributed by atoms with E-state index in [9.17, 15) is 19.0 Å². The molecule has 0 fully saturated rings. The lowest BCUT2D eigenvalue weighted by Crippen LogP contribution is -2.29. The highest BCUT2D eigenvalue weighted by Crippen LogP contribution is 2.43. The summed E-state index contributed by atoms with van der Waals surface area (Å²) < 4.78 is 32.8. The number of phosphoric acid groups is 1. The first kappa shape index (κ1) is 52.8. The van der Waals surface area contributed by atoms with Crippen LogP contribution in [0.4, 0.5) is 0 Å². The van der Waals surface area contributed by atoms with Crippen molar-refractivity contribution in [1.82, 2.24) is 0 Å². The van der Waals surface area contributed by atoms with E-state index >= 15 is 0 Å². The molecule has 2 unspecified atom stereocenters. The lowest BCUT2D eigenvalue weighted by molar-refractivity contribution is -0.161. The van der Waals surface area contributed by atoms with E-state index in [1.54, 1.807) is 0 Å². The molecule has 0 heterocycles. The predicted octanol–water partition coefficient (Wildman–Crippen LogP) is 13.0. The first-order valence-corrected chi connectivity index (χ1v) is 24.2. The van der Waals surface area contributed by atoms with Crippen LogP contribution in [0.25, 0.3) is 0 Å². The number of unbranched alkanes of at least 4 members (excludes halogenated alkanes) is 28. The fourth-order valence-electron chi connectivity index (χ4n) is 6.51. The van der Waals surface area contributed by atoms with Crippen molar-refractivity contribution in [2.24, 2.45) is 5.73 Å². The van der Waals surface area contributed by atoms with E-state index in [0.717, 1.165) is 32.1 Å². The van der Waals surface area contributed by atoms with Gasteiger partial charge in [-0.2, -0.15) is 0 Å². The summed E-state index contributed by atoms with van der Waals surface area (Å²) in [7, 11) is -4.37. The van der Waals surface area contributed by atoms with E-state index in [4.69, 9.17) is 24.3 Å². The quantitative estimate of drug-likeness (QED) is 0.0268. The number of esters is 2. The number of carbonyl (C=O) groups is 2. The molecule has 3 N–H and O–H groups in total. The van der Waals surface area contributed by atoms with Crippen LogP contribution in [-0.4, -0.2) is 49.3 Å². The van der Waals surface area contributed by atoms with Gasteiger partial charge in [0.25, 0.3) is 0 Å². The van der Waals surface area contributed by atoms with Crippen LogP contribution in [-0.2, 0) is 32.7 Å². The van der Waals surface area contributed by atoms with E-state index in [1.165, 1.54) is 161 Å². The molecule has 54 heavy (non-hydrogen) atoms. The Bertz CT molecular complexity index is 902. The van der Waals surface area contributed by atoms with Gasteiger partial charge in [-0.25, -0.2) is 4.57 Å². The number of hydrogen-bond donors (Lipinski definition) is 2. The SMILES string of the molecule is CCCCCCCC/C=C\CCCCCCCCCCCCCC(=O)OC(COC(=O)CCCCCCCCCCCCCC)COP(=O)(O)OCCN. The third-order valence-electron chi connectivity index (χ3n) is 9.90. The van der Waals surface area contributed by atoms with Crippen molar-refractivity contribution in [2.75, 3.05) is 26.4 Å². The summed E-state index contributed by atoms with van der Waals surface area (Å²) in [5, 5.41) is 0. The molecule has 2 atom stereocenters. The van der Waals surface area contributed by atoms with Crippen molar-refractivity contribution in [3.8, 4) is 0 Å². The number of rotatable bonds is 43. The van der Waals surface area contributed by atoms with Gasteiger partial charge in [-0.05, 0) is 38.5 Å². The molecule has 0 saturated carbocycles. The Morgan fingerprint density at radius 1 is 0.537 bits per heavy atom. The van der Waals surface area contributed by atoms with Crippen LogP contribution >= 0.6 is 7.82 Å². The second-order valence-electron chi connectivity index (χ2n) is 15.3. The third kappa shape index (κ3) is 40.4. The highest BCUT2D eigenvalue weighted by molar-refractivity contribution is 7.47. The van der Waals surface area contributed by atoms with Crippen LogP contribution in [0, 0.1) is 0 Å². The van der Waals surface area contributed by atoms with Crippen molar-refractivity contribution in [1.29, 1.82) is 0 Å². The van der Waals surface area contributed by atoms with Gasteiger partial charge in [-0.1, -0.05) is 187 Å². The Morgan fingerprint density at radius 3 is 1.31 bits per heavy atom. The minimum Gasteiger partial charge on any atom is -0.462 e. The Balaban J connectivity index is 4.05. The molecule has 0 bridgehead atoms. The number of carbonyl (C=O) groups excluding carboxylic acids is 2. The van der Waals surface area contributed by atoms with Gasteiger partial charge in [0.1, 0.15) is 6.61 Å². The van der Waals surface area contributed by atoms with Crippen LogP contribution in [0.2, 0.25) is 0 Å². The molecule has 0 radical (unpaired) electrons. The van der Waals surface area contributed by atoms with Gasteiger partial charge in [0.2, 0.25) is 0 Å².